The lowest BCUT2D eigenvalue weighted by atomic mass is 10.0. The number of carbonyl (C=O) groups excluding carboxylic acids is 1. The maximum absolute atomic E-state index is 13.6. The fourth-order valence-electron chi connectivity index (χ4n) is 4.36. The van der Waals surface area contributed by atoms with Crippen LogP contribution >= 0.6 is 0 Å². The van der Waals surface area contributed by atoms with E-state index in [1.54, 1.807) is 66.9 Å². The minimum absolute atomic E-state index is 0.226. The van der Waals surface area contributed by atoms with Gasteiger partial charge in [0, 0.05) is 29.3 Å². The molecule has 7 nitrogen and oxygen atoms in total. The number of methoxy groups -OCH3 is 1. The lowest BCUT2D eigenvalue weighted by Gasteiger charge is -2.14. The first-order valence-electron chi connectivity index (χ1n) is 12.1. The Morgan fingerprint density at radius 3 is 2.13 bits per heavy atom. The normalized spacial score (nSPS) is 12.3. The molecule has 1 aromatic heterocycles. The Morgan fingerprint density at radius 1 is 0.949 bits per heavy atom. The number of ketones is 1. The van der Waals surface area contributed by atoms with Crippen molar-refractivity contribution in [2.24, 2.45) is 0 Å². The molecule has 0 aliphatic heterocycles. The van der Waals surface area contributed by atoms with E-state index >= 15 is 0 Å². The predicted molar refractivity (Wildman–Crippen MR) is 138 cm³/mol. The summed E-state index contributed by atoms with van der Waals surface area (Å²) in [6, 6.07) is 17.2. The number of aliphatic carboxylic acids is 1. The van der Waals surface area contributed by atoms with E-state index in [0.717, 1.165) is 5.56 Å². The number of nitrogens with zero attached hydrogens (tertiary/aromatic N) is 1. The Balaban J connectivity index is 1.75. The van der Waals surface area contributed by atoms with Gasteiger partial charge in [0.1, 0.15) is 17.2 Å². The molecule has 1 atom stereocenters. The summed E-state index contributed by atoms with van der Waals surface area (Å²) >= 11 is 0. The lowest BCUT2D eigenvalue weighted by Crippen LogP contribution is -2.25. The molecule has 0 unspecified atom stereocenters. The lowest BCUT2D eigenvalue weighted by molar-refractivity contribution is -0.274. The standard InChI is InChI=1S/C29H26F3NO6/c1-4-25(28(35)36)38-21-9-5-18(6-10-21)16-33-17(2)26(27(34)19-7-11-20(37-3)12-8-19)23-14-13-22(15-24(23)33)39-29(30,31)32/h5-15,25H,4,16H2,1-3H3,(H,35,36)/t25-/m1/s1. The van der Waals surface area contributed by atoms with Gasteiger partial charge in [-0.3, -0.25) is 4.79 Å². The van der Waals surface area contributed by atoms with E-state index in [2.05, 4.69) is 4.74 Å². The highest BCUT2D eigenvalue weighted by atomic mass is 19.4. The highest BCUT2D eigenvalue weighted by molar-refractivity contribution is 6.17. The van der Waals surface area contributed by atoms with Crippen LogP contribution in [0.2, 0.25) is 0 Å². The molecule has 0 aliphatic carbocycles. The Hall–Kier alpha value is -4.47. The Bertz CT molecular complexity index is 1490. The van der Waals surface area contributed by atoms with Gasteiger partial charge in [0.25, 0.3) is 0 Å². The van der Waals surface area contributed by atoms with Crippen LogP contribution in [0.5, 0.6) is 17.2 Å². The average Bonchev–Trinajstić information content (AvgIpc) is 3.17. The highest BCUT2D eigenvalue weighted by Gasteiger charge is 2.32. The number of carboxylic acids is 1. The van der Waals surface area contributed by atoms with Crippen molar-refractivity contribution in [3.63, 3.8) is 0 Å². The molecule has 0 spiro atoms. The van der Waals surface area contributed by atoms with E-state index in [1.165, 1.54) is 25.3 Å². The molecule has 204 valence electrons. The van der Waals surface area contributed by atoms with E-state index < -0.39 is 24.2 Å². The molecule has 4 aromatic rings. The Kier molecular flexibility index (Phi) is 7.85. The second-order valence-electron chi connectivity index (χ2n) is 8.83. The number of carboxylic acid groups (broad SMARTS) is 1. The van der Waals surface area contributed by atoms with Crippen LogP contribution in [-0.4, -0.2) is 41.0 Å². The summed E-state index contributed by atoms with van der Waals surface area (Å²) < 4.78 is 55.4. The molecule has 3 aromatic carbocycles. The van der Waals surface area contributed by atoms with Crippen LogP contribution in [0.1, 0.15) is 40.5 Å². The minimum atomic E-state index is -4.87. The van der Waals surface area contributed by atoms with Crippen molar-refractivity contribution in [2.75, 3.05) is 7.11 Å². The van der Waals surface area contributed by atoms with Crippen LogP contribution in [-0.2, 0) is 11.3 Å². The Morgan fingerprint density at radius 2 is 1.56 bits per heavy atom. The number of rotatable bonds is 10. The zero-order chi connectivity index (χ0) is 28.3. The molecule has 0 fully saturated rings. The quantitative estimate of drug-likeness (QED) is 0.235. The zero-order valence-electron chi connectivity index (χ0n) is 21.4. The van der Waals surface area contributed by atoms with Crippen molar-refractivity contribution in [1.82, 2.24) is 4.57 Å². The minimum Gasteiger partial charge on any atom is -0.497 e. The number of hydrogen-bond donors (Lipinski definition) is 1. The zero-order valence-corrected chi connectivity index (χ0v) is 21.4. The van der Waals surface area contributed by atoms with Gasteiger partial charge in [-0.2, -0.15) is 0 Å². The van der Waals surface area contributed by atoms with Gasteiger partial charge in [0.15, 0.2) is 11.9 Å². The summed E-state index contributed by atoms with van der Waals surface area (Å²) in [5.74, 6) is -0.799. The third-order valence-electron chi connectivity index (χ3n) is 6.30. The number of alkyl halides is 3. The largest absolute Gasteiger partial charge is 0.573 e. The number of hydrogen-bond acceptors (Lipinski definition) is 5. The molecule has 0 aliphatic rings. The van der Waals surface area contributed by atoms with E-state index in [0.29, 0.717) is 45.6 Å². The molecule has 0 saturated carbocycles. The Labute approximate surface area is 222 Å². The van der Waals surface area contributed by atoms with Crippen molar-refractivity contribution in [3.8, 4) is 17.2 Å². The first-order chi connectivity index (χ1) is 18.5. The van der Waals surface area contributed by atoms with Crippen molar-refractivity contribution in [1.29, 1.82) is 0 Å². The van der Waals surface area contributed by atoms with Crippen LogP contribution in [0.4, 0.5) is 13.2 Å². The van der Waals surface area contributed by atoms with Crippen LogP contribution in [0.3, 0.4) is 0 Å². The first kappa shape index (κ1) is 27.6. The molecule has 4 rings (SSSR count). The van der Waals surface area contributed by atoms with Crippen molar-refractivity contribution in [2.45, 2.75) is 39.3 Å². The van der Waals surface area contributed by atoms with Gasteiger partial charge < -0.3 is 23.9 Å². The van der Waals surface area contributed by atoms with Gasteiger partial charge in [0.05, 0.1) is 18.2 Å². The fraction of sp³-hybridized carbons (Fsp3) is 0.241. The molecule has 0 bridgehead atoms. The van der Waals surface area contributed by atoms with E-state index in [1.807, 2.05) is 0 Å². The molecular formula is C29H26F3NO6. The molecule has 1 heterocycles. The van der Waals surface area contributed by atoms with Crippen LogP contribution < -0.4 is 14.2 Å². The van der Waals surface area contributed by atoms with E-state index in [4.69, 9.17) is 9.47 Å². The summed E-state index contributed by atoms with van der Waals surface area (Å²) in [7, 11) is 1.52. The molecule has 0 amide bonds. The summed E-state index contributed by atoms with van der Waals surface area (Å²) in [6.45, 7) is 3.66. The number of ether oxygens (including phenoxy) is 3. The molecule has 39 heavy (non-hydrogen) atoms. The van der Waals surface area contributed by atoms with E-state index in [-0.39, 0.29) is 12.3 Å². The summed E-state index contributed by atoms with van der Waals surface area (Å²) in [5, 5.41) is 9.70. The van der Waals surface area contributed by atoms with Crippen LogP contribution in [0, 0.1) is 6.92 Å². The number of benzene rings is 3. The van der Waals surface area contributed by atoms with Crippen LogP contribution in [0.25, 0.3) is 10.9 Å². The summed E-state index contributed by atoms with van der Waals surface area (Å²) in [4.78, 5) is 24.8. The van der Waals surface area contributed by atoms with Gasteiger partial charge in [-0.25, -0.2) is 4.79 Å². The molecule has 0 radical (unpaired) electrons. The SMILES string of the molecule is CC[C@@H](Oc1ccc(Cn2c(C)c(C(=O)c3ccc(OC)cc3)c3ccc(OC(F)(F)F)cc32)cc1)C(=O)O. The smallest absolute Gasteiger partial charge is 0.497 e. The first-order valence-corrected chi connectivity index (χ1v) is 12.1. The van der Waals surface area contributed by atoms with Crippen LogP contribution in [0.15, 0.2) is 66.7 Å². The van der Waals surface area contributed by atoms with Gasteiger partial charge in [-0.1, -0.05) is 19.1 Å². The summed E-state index contributed by atoms with van der Waals surface area (Å²) in [5.41, 5.74) is 2.48. The molecule has 10 heteroatoms. The van der Waals surface area contributed by atoms with Gasteiger partial charge >= 0.3 is 12.3 Å². The third-order valence-corrected chi connectivity index (χ3v) is 6.30. The van der Waals surface area contributed by atoms with Gasteiger partial charge in [0.2, 0.25) is 0 Å². The van der Waals surface area contributed by atoms with E-state index in [9.17, 15) is 27.9 Å². The molecule has 1 N–H and O–H groups in total. The van der Waals surface area contributed by atoms with Crippen molar-refractivity contribution >= 4 is 22.7 Å². The monoisotopic (exact) mass is 541 g/mol. The number of aromatic nitrogens is 1. The molecular weight excluding hydrogens is 515 g/mol. The fourth-order valence-corrected chi connectivity index (χ4v) is 4.36. The van der Waals surface area contributed by atoms with Crippen molar-refractivity contribution in [3.05, 3.63) is 89.1 Å². The second kappa shape index (κ2) is 11.1. The van der Waals surface area contributed by atoms with Gasteiger partial charge in [-0.15, -0.1) is 13.2 Å². The third kappa shape index (κ3) is 6.17. The predicted octanol–water partition coefficient (Wildman–Crippen LogP) is 6.38. The van der Waals surface area contributed by atoms with Gasteiger partial charge in [-0.05, 0) is 67.4 Å². The summed E-state index contributed by atoms with van der Waals surface area (Å²) in [6.07, 6.45) is -5.56. The highest BCUT2D eigenvalue weighted by Crippen LogP contribution is 2.34. The maximum Gasteiger partial charge on any atom is 0.573 e. The van der Waals surface area contributed by atoms with Crippen molar-refractivity contribution < 1.29 is 42.1 Å². The maximum atomic E-state index is 13.6. The second-order valence-corrected chi connectivity index (χ2v) is 8.83. The number of halogens is 3. The molecule has 0 saturated heterocycles. The number of carbonyl (C=O) groups is 2. The average molecular weight is 542 g/mol. The topological polar surface area (TPSA) is 87.0 Å². The number of fused-ring (bicyclic) bond motifs is 1.